The molecule has 0 aliphatic rings. The number of esters is 1. The number of nitrogens with zero attached hydrogens (tertiary/aromatic N) is 1. The number of hydrogen-bond donors (Lipinski definition) is 1. The second-order valence-electron chi connectivity index (χ2n) is 5.97. The lowest BCUT2D eigenvalue weighted by Gasteiger charge is -2.14. The first-order chi connectivity index (χ1) is 14.0. The summed E-state index contributed by atoms with van der Waals surface area (Å²) in [6.45, 7) is 1.99. The fourth-order valence-corrected chi connectivity index (χ4v) is 2.65. The van der Waals surface area contributed by atoms with E-state index in [0.29, 0.717) is 29.4 Å². The molecule has 8 heteroatoms. The standard InChI is InChI=1S/C21H21ClN2O5/c1-3-4-9-28-20-16(22)10-15(11-18(20)27-2)21(26)29-13-19(25)24-17-8-6-5-7-14(17)12-23/h5-8,10-11H,3-4,9,13H2,1-2H3,(H,24,25). The van der Waals surface area contributed by atoms with E-state index in [1.54, 1.807) is 24.3 Å². The van der Waals surface area contributed by atoms with Gasteiger partial charge in [-0.2, -0.15) is 5.26 Å². The van der Waals surface area contributed by atoms with E-state index in [0.717, 1.165) is 12.8 Å². The van der Waals surface area contributed by atoms with E-state index in [-0.39, 0.29) is 10.6 Å². The molecule has 0 spiro atoms. The van der Waals surface area contributed by atoms with Gasteiger partial charge in [-0.15, -0.1) is 0 Å². The van der Waals surface area contributed by atoms with Crippen molar-refractivity contribution in [3.8, 4) is 17.6 Å². The number of ether oxygens (including phenoxy) is 3. The van der Waals surface area contributed by atoms with Crippen LogP contribution in [-0.2, 0) is 9.53 Å². The van der Waals surface area contributed by atoms with Gasteiger partial charge in [0.05, 0.1) is 35.6 Å². The minimum Gasteiger partial charge on any atom is -0.493 e. The van der Waals surface area contributed by atoms with E-state index >= 15 is 0 Å². The van der Waals surface area contributed by atoms with Gasteiger partial charge in [0.1, 0.15) is 6.07 Å². The van der Waals surface area contributed by atoms with E-state index in [2.05, 4.69) is 5.32 Å². The maximum atomic E-state index is 12.3. The molecule has 0 saturated heterocycles. The number of nitrogens with one attached hydrogen (secondary N) is 1. The topological polar surface area (TPSA) is 97.6 Å². The summed E-state index contributed by atoms with van der Waals surface area (Å²) in [5.41, 5.74) is 0.775. The normalized spacial score (nSPS) is 10.0. The number of nitriles is 1. The molecule has 0 aliphatic heterocycles. The number of para-hydroxylation sites is 1. The zero-order chi connectivity index (χ0) is 21.2. The van der Waals surface area contributed by atoms with E-state index in [4.69, 9.17) is 31.1 Å². The fraction of sp³-hybridized carbons (Fsp3) is 0.286. The largest absolute Gasteiger partial charge is 0.493 e. The van der Waals surface area contributed by atoms with Crippen LogP contribution in [0.2, 0.25) is 5.02 Å². The van der Waals surface area contributed by atoms with Gasteiger partial charge in [-0.1, -0.05) is 37.1 Å². The summed E-state index contributed by atoms with van der Waals surface area (Å²) < 4.78 is 15.9. The van der Waals surface area contributed by atoms with Crippen molar-refractivity contribution in [3.05, 3.63) is 52.5 Å². The van der Waals surface area contributed by atoms with Crippen molar-refractivity contribution in [1.29, 1.82) is 5.26 Å². The van der Waals surface area contributed by atoms with Gasteiger partial charge in [0.25, 0.3) is 5.91 Å². The summed E-state index contributed by atoms with van der Waals surface area (Å²) in [7, 11) is 1.44. The first-order valence-corrected chi connectivity index (χ1v) is 9.34. The van der Waals surface area contributed by atoms with Crippen molar-refractivity contribution in [2.75, 3.05) is 25.6 Å². The Kier molecular flexibility index (Phi) is 8.31. The number of benzene rings is 2. The van der Waals surface area contributed by atoms with Gasteiger partial charge in [-0.05, 0) is 30.7 Å². The number of anilines is 1. The lowest BCUT2D eigenvalue weighted by atomic mass is 10.2. The highest BCUT2D eigenvalue weighted by atomic mass is 35.5. The molecule has 2 rings (SSSR count). The fourth-order valence-electron chi connectivity index (χ4n) is 2.39. The van der Waals surface area contributed by atoms with Crippen LogP contribution in [0.1, 0.15) is 35.7 Å². The Morgan fingerprint density at radius 1 is 1.24 bits per heavy atom. The van der Waals surface area contributed by atoms with Crippen molar-refractivity contribution >= 4 is 29.2 Å². The average Bonchev–Trinajstić information content (AvgIpc) is 2.73. The number of rotatable bonds is 9. The van der Waals surface area contributed by atoms with Crippen LogP contribution < -0.4 is 14.8 Å². The van der Waals surface area contributed by atoms with Crippen LogP contribution in [0.4, 0.5) is 5.69 Å². The smallest absolute Gasteiger partial charge is 0.338 e. The van der Waals surface area contributed by atoms with Crippen molar-refractivity contribution in [2.24, 2.45) is 0 Å². The van der Waals surface area contributed by atoms with Crippen molar-refractivity contribution in [2.45, 2.75) is 19.8 Å². The van der Waals surface area contributed by atoms with Crippen molar-refractivity contribution in [3.63, 3.8) is 0 Å². The van der Waals surface area contributed by atoms with Gasteiger partial charge in [-0.3, -0.25) is 4.79 Å². The first-order valence-electron chi connectivity index (χ1n) is 8.96. The highest BCUT2D eigenvalue weighted by Crippen LogP contribution is 2.36. The molecule has 0 saturated carbocycles. The SMILES string of the molecule is CCCCOc1c(Cl)cc(C(=O)OCC(=O)Nc2ccccc2C#N)cc1OC. The average molecular weight is 417 g/mol. The van der Waals surface area contributed by atoms with Crippen molar-refractivity contribution < 1.29 is 23.8 Å². The van der Waals surface area contributed by atoms with Crippen LogP contribution in [0.25, 0.3) is 0 Å². The summed E-state index contributed by atoms with van der Waals surface area (Å²) in [5.74, 6) is -0.661. The molecule has 0 unspecified atom stereocenters. The Morgan fingerprint density at radius 3 is 2.69 bits per heavy atom. The predicted molar refractivity (Wildman–Crippen MR) is 108 cm³/mol. The van der Waals surface area contributed by atoms with Gasteiger partial charge >= 0.3 is 5.97 Å². The highest BCUT2D eigenvalue weighted by Gasteiger charge is 2.18. The monoisotopic (exact) mass is 416 g/mol. The molecule has 2 aromatic carbocycles. The van der Waals surface area contributed by atoms with Crippen LogP contribution in [0.15, 0.2) is 36.4 Å². The molecular weight excluding hydrogens is 396 g/mol. The molecular formula is C21H21ClN2O5. The molecule has 0 heterocycles. The van der Waals surface area contributed by atoms with Crippen LogP contribution in [0.5, 0.6) is 11.5 Å². The molecule has 0 radical (unpaired) electrons. The zero-order valence-electron chi connectivity index (χ0n) is 16.2. The molecule has 152 valence electrons. The van der Waals surface area contributed by atoms with Gasteiger partial charge in [-0.25, -0.2) is 4.79 Å². The quantitative estimate of drug-likeness (QED) is 0.486. The molecule has 29 heavy (non-hydrogen) atoms. The predicted octanol–water partition coefficient (Wildman–Crippen LogP) is 4.19. The first kappa shape index (κ1) is 22.1. The summed E-state index contributed by atoms with van der Waals surface area (Å²) in [6, 6.07) is 11.3. The molecule has 0 aromatic heterocycles. The second kappa shape index (κ2) is 10.9. The van der Waals surface area contributed by atoms with E-state index in [1.807, 2.05) is 13.0 Å². The van der Waals surface area contributed by atoms with Gasteiger partial charge in [0.15, 0.2) is 18.1 Å². The minimum atomic E-state index is -0.742. The molecule has 0 fully saturated rings. The van der Waals surface area contributed by atoms with E-state index in [9.17, 15) is 9.59 Å². The third kappa shape index (κ3) is 6.13. The second-order valence-corrected chi connectivity index (χ2v) is 6.38. The maximum absolute atomic E-state index is 12.3. The summed E-state index contributed by atoms with van der Waals surface area (Å²) >= 11 is 6.22. The van der Waals surface area contributed by atoms with Crippen LogP contribution in [-0.4, -0.2) is 32.2 Å². The summed E-state index contributed by atoms with van der Waals surface area (Å²) in [4.78, 5) is 24.3. The summed E-state index contributed by atoms with van der Waals surface area (Å²) in [5, 5.41) is 11.8. The van der Waals surface area contributed by atoms with Gasteiger partial charge in [0.2, 0.25) is 0 Å². The molecule has 0 bridgehead atoms. The van der Waals surface area contributed by atoms with Crippen LogP contribution in [0, 0.1) is 11.3 Å². The maximum Gasteiger partial charge on any atom is 0.338 e. The Balaban J connectivity index is 2.02. The highest BCUT2D eigenvalue weighted by molar-refractivity contribution is 6.32. The van der Waals surface area contributed by atoms with Crippen molar-refractivity contribution in [1.82, 2.24) is 0 Å². The molecule has 1 N–H and O–H groups in total. The Hall–Kier alpha value is -3.24. The van der Waals surface area contributed by atoms with Gasteiger partial charge < -0.3 is 19.5 Å². The Morgan fingerprint density at radius 2 is 2.00 bits per heavy atom. The van der Waals surface area contributed by atoms with E-state index < -0.39 is 18.5 Å². The number of unbranched alkanes of at least 4 members (excludes halogenated alkanes) is 1. The van der Waals surface area contributed by atoms with E-state index in [1.165, 1.54) is 19.2 Å². The Labute approximate surface area is 174 Å². The molecule has 1 amide bonds. The summed E-state index contributed by atoms with van der Waals surface area (Å²) in [6.07, 6.45) is 1.82. The number of hydrogen-bond acceptors (Lipinski definition) is 6. The lowest BCUT2D eigenvalue weighted by Crippen LogP contribution is -2.21. The molecule has 2 aromatic rings. The third-order valence-electron chi connectivity index (χ3n) is 3.87. The van der Waals surface area contributed by atoms with Crippen LogP contribution >= 0.6 is 11.6 Å². The Bertz CT molecular complexity index is 924. The number of methoxy groups -OCH3 is 1. The lowest BCUT2D eigenvalue weighted by molar-refractivity contribution is -0.119. The third-order valence-corrected chi connectivity index (χ3v) is 4.15. The zero-order valence-corrected chi connectivity index (χ0v) is 16.9. The number of amides is 1. The number of carbonyl (C=O) groups is 2. The minimum absolute atomic E-state index is 0.125. The molecule has 7 nitrogen and oxygen atoms in total. The molecule has 0 atom stereocenters. The van der Waals surface area contributed by atoms with Gasteiger partial charge in [0, 0.05) is 0 Å². The number of carbonyl (C=O) groups excluding carboxylic acids is 2. The number of halogens is 1. The van der Waals surface area contributed by atoms with Crippen LogP contribution in [0.3, 0.4) is 0 Å². The molecule has 0 aliphatic carbocycles.